The Labute approximate surface area is 106 Å². The highest BCUT2D eigenvalue weighted by Gasteiger charge is 2.09. The summed E-state index contributed by atoms with van der Waals surface area (Å²) in [4.78, 5) is 4.65. The zero-order chi connectivity index (χ0) is 12.7. The number of aromatic nitrogens is 2. The molecule has 2 N–H and O–H groups in total. The molecule has 0 aliphatic heterocycles. The van der Waals surface area contributed by atoms with Crippen LogP contribution in [0.5, 0.6) is 0 Å². The maximum absolute atomic E-state index is 5.82. The van der Waals surface area contributed by atoms with Crippen molar-refractivity contribution < 1.29 is 0 Å². The van der Waals surface area contributed by atoms with Crippen LogP contribution in [-0.2, 0) is 0 Å². The fourth-order valence-corrected chi connectivity index (χ4v) is 2.24. The predicted molar refractivity (Wildman–Crippen MR) is 74.5 cm³/mol. The summed E-state index contributed by atoms with van der Waals surface area (Å²) < 4.78 is 2.08. The minimum absolute atomic E-state index is 0.765. The van der Waals surface area contributed by atoms with Gasteiger partial charge >= 0.3 is 0 Å². The maximum atomic E-state index is 5.82. The van der Waals surface area contributed by atoms with Crippen LogP contribution < -0.4 is 5.73 Å². The van der Waals surface area contributed by atoms with E-state index in [1.54, 1.807) is 0 Å². The number of benzene rings is 1. The summed E-state index contributed by atoms with van der Waals surface area (Å²) in [7, 11) is 0. The molecule has 0 unspecified atom stereocenters. The summed E-state index contributed by atoms with van der Waals surface area (Å²) in [6.07, 6.45) is 1.97. The Kier molecular flexibility index (Phi) is 2.33. The normalized spacial score (nSPS) is 11.0. The van der Waals surface area contributed by atoms with Crippen molar-refractivity contribution in [1.82, 2.24) is 9.38 Å². The molecule has 0 amide bonds. The Hall–Kier alpha value is -2.29. The van der Waals surface area contributed by atoms with Gasteiger partial charge in [-0.25, -0.2) is 4.98 Å². The van der Waals surface area contributed by atoms with Gasteiger partial charge in [-0.2, -0.15) is 0 Å². The van der Waals surface area contributed by atoms with Crippen molar-refractivity contribution >= 4 is 11.2 Å². The number of pyridine rings is 1. The summed E-state index contributed by atoms with van der Waals surface area (Å²) in [6.45, 7) is 4.10. The van der Waals surface area contributed by atoms with Crippen LogP contribution in [0.2, 0.25) is 0 Å². The second kappa shape index (κ2) is 3.88. The van der Waals surface area contributed by atoms with E-state index in [4.69, 9.17) is 5.73 Å². The molecule has 0 bridgehead atoms. The molecule has 0 radical (unpaired) electrons. The largest absolute Gasteiger partial charge is 0.399 e. The zero-order valence-corrected chi connectivity index (χ0v) is 10.5. The smallest absolute Gasteiger partial charge is 0.144 e. The molecule has 3 nitrogen and oxygen atoms in total. The monoisotopic (exact) mass is 237 g/mol. The van der Waals surface area contributed by atoms with Crippen molar-refractivity contribution in [1.29, 1.82) is 0 Å². The van der Waals surface area contributed by atoms with Gasteiger partial charge in [0.2, 0.25) is 0 Å². The summed E-state index contributed by atoms with van der Waals surface area (Å²) in [5.74, 6) is 0.964. The molecule has 0 saturated heterocycles. The Morgan fingerprint density at radius 2 is 1.94 bits per heavy atom. The van der Waals surface area contributed by atoms with Crippen LogP contribution in [0.15, 0.2) is 42.6 Å². The van der Waals surface area contributed by atoms with Crippen molar-refractivity contribution in [3.8, 4) is 11.4 Å². The highest BCUT2D eigenvalue weighted by molar-refractivity contribution is 5.68. The Balaban J connectivity index is 2.30. The Morgan fingerprint density at radius 3 is 2.72 bits per heavy atom. The first-order valence-electron chi connectivity index (χ1n) is 5.96. The second-order valence-electron chi connectivity index (χ2n) is 4.61. The average Bonchev–Trinajstić information content (AvgIpc) is 2.67. The Bertz CT molecular complexity index is 726. The first kappa shape index (κ1) is 10.8. The van der Waals surface area contributed by atoms with E-state index in [1.807, 2.05) is 25.3 Å². The minimum Gasteiger partial charge on any atom is -0.399 e. The lowest BCUT2D eigenvalue weighted by Gasteiger charge is -2.03. The van der Waals surface area contributed by atoms with Crippen molar-refractivity contribution in [2.75, 3.05) is 5.73 Å². The molecule has 0 spiro atoms. The van der Waals surface area contributed by atoms with Gasteiger partial charge in [0.25, 0.3) is 0 Å². The van der Waals surface area contributed by atoms with Crippen LogP contribution in [0.1, 0.15) is 11.3 Å². The summed E-state index contributed by atoms with van der Waals surface area (Å²) in [5, 5.41) is 0. The standard InChI is InChI=1S/C15H15N3/c1-10-4-3-5-12(8-10)15-17-11(2)14-9-13(16)6-7-18(14)15/h3-9H,16H2,1-2H3. The van der Waals surface area contributed by atoms with Gasteiger partial charge in [0.1, 0.15) is 5.82 Å². The van der Waals surface area contributed by atoms with Crippen molar-refractivity contribution in [2.24, 2.45) is 0 Å². The molecule has 0 saturated carbocycles. The molecule has 18 heavy (non-hydrogen) atoms. The lowest BCUT2D eigenvalue weighted by Crippen LogP contribution is -1.91. The number of hydrogen-bond acceptors (Lipinski definition) is 2. The molecular weight excluding hydrogens is 222 g/mol. The number of fused-ring (bicyclic) bond motifs is 1. The van der Waals surface area contributed by atoms with Crippen LogP contribution in [0, 0.1) is 13.8 Å². The van der Waals surface area contributed by atoms with Crippen molar-refractivity contribution in [3.63, 3.8) is 0 Å². The first-order valence-corrected chi connectivity index (χ1v) is 5.96. The van der Waals surface area contributed by atoms with Crippen LogP contribution in [0.25, 0.3) is 16.9 Å². The SMILES string of the molecule is Cc1cccc(-c2nc(C)c3cc(N)ccn23)c1. The molecule has 3 heteroatoms. The lowest BCUT2D eigenvalue weighted by atomic mass is 10.1. The quantitative estimate of drug-likeness (QED) is 0.706. The minimum atomic E-state index is 0.765. The first-order chi connectivity index (χ1) is 8.65. The second-order valence-corrected chi connectivity index (χ2v) is 4.61. The molecule has 0 aliphatic rings. The molecule has 3 aromatic rings. The maximum Gasteiger partial charge on any atom is 0.144 e. The van der Waals surface area contributed by atoms with Crippen LogP contribution in [0.4, 0.5) is 5.69 Å². The van der Waals surface area contributed by atoms with Gasteiger partial charge in [0.15, 0.2) is 0 Å². The molecule has 3 rings (SSSR count). The van der Waals surface area contributed by atoms with Gasteiger partial charge in [0.05, 0.1) is 11.2 Å². The third-order valence-electron chi connectivity index (χ3n) is 3.13. The lowest BCUT2D eigenvalue weighted by molar-refractivity contribution is 1.16. The van der Waals surface area contributed by atoms with Crippen LogP contribution >= 0.6 is 0 Å². The zero-order valence-electron chi connectivity index (χ0n) is 10.5. The highest BCUT2D eigenvalue weighted by Crippen LogP contribution is 2.24. The van der Waals surface area contributed by atoms with E-state index in [1.165, 1.54) is 5.56 Å². The van der Waals surface area contributed by atoms with E-state index in [0.29, 0.717) is 0 Å². The van der Waals surface area contributed by atoms with E-state index in [9.17, 15) is 0 Å². The van der Waals surface area contributed by atoms with Crippen LogP contribution in [-0.4, -0.2) is 9.38 Å². The van der Waals surface area contributed by atoms with Gasteiger partial charge in [-0.15, -0.1) is 0 Å². The molecular formula is C15H15N3. The van der Waals surface area contributed by atoms with E-state index in [0.717, 1.165) is 28.3 Å². The Morgan fingerprint density at radius 1 is 1.11 bits per heavy atom. The number of nitrogens with two attached hydrogens (primary N) is 1. The summed E-state index contributed by atoms with van der Waals surface area (Å²) in [5.41, 5.74) is 11.0. The molecule has 2 aromatic heterocycles. The average molecular weight is 237 g/mol. The number of anilines is 1. The fraction of sp³-hybridized carbons (Fsp3) is 0.133. The summed E-state index contributed by atoms with van der Waals surface area (Å²) >= 11 is 0. The number of aryl methyl sites for hydroxylation is 2. The molecule has 0 fully saturated rings. The van der Waals surface area contributed by atoms with Gasteiger partial charge in [-0.3, -0.25) is 4.40 Å². The van der Waals surface area contributed by atoms with E-state index < -0.39 is 0 Å². The van der Waals surface area contributed by atoms with E-state index in [2.05, 4.69) is 40.6 Å². The van der Waals surface area contributed by atoms with Crippen molar-refractivity contribution in [2.45, 2.75) is 13.8 Å². The van der Waals surface area contributed by atoms with E-state index >= 15 is 0 Å². The molecule has 2 heterocycles. The van der Waals surface area contributed by atoms with Gasteiger partial charge in [-0.1, -0.05) is 23.8 Å². The summed E-state index contributed by atoms with van der Waals surface area (Å²) in [6, 6.07) is 12.2. The van der Waals surface area contributed by atoms with E-state index in [-0.39, 0.29) is 0 Å². The number of imidazole rings is 1. The number of rotatable bonds is 1. The van der Waals surface area contributed by atoms with Crippen molar-refractivity contribution in [3.05, 3.63) is 53.9 Å². The number of hydrogen-bond donors (Lipinski definition) is 1. The highest BCUT2D eigenvalue weighted by atomic mass is 15.0. The molecule has 0 atom stereocenters. The van der Waals surface area contributed by atoms with Gasteiger partial charge < -0.3 is 5.73 Å². The molecule has 1 aromatic carbocycles. The third-order valence-corrected chi connectivity index (χ3v) is 3.13. The topological polar surface area (TPSA) is 43.3 Å². The van der Waals surface area contributed by atoms with Gasteiger partial charge in [-0.05, 0) is 32.0 Å². The van der Waals surface area contributed by atoms with Gasteiger partial charge in [0, 0.05) is 17.4 Å². The molecule has 0 aliphatic carbocycles. The van der Waals surface area contributed by atoms with Crippen LogP contribution in [0.3, 0.4) is 0 Å². The third kappa shape index (κ3) is 1.64. The molecule has 90 valence electrons. The number of nitrogens with zero attached hydrogens (tertiary/aromatic N) is 2. The fourth-order valence-electron chi connectivity index (χ4n) is 2.24. The predicted octanol–water partition coefficient (Wildman–Crippen LogP) is 3.20. The number of nitrogen functional groups attached to an aromatic ring is 1.